The number of aliphatic hydroxyl groups is 1. The fourth-order valence-electron chi connectivity index (χ4n) is 2.14. The van der Waals surface area contributed by atoms with Crippen molar-refractivity contribution in [2.45, 2.75) is 24.1 Å². The van der Waals surface area contributed by atoms with Gasteiger partial charge in [0.05, 0.1) is 6.61 Å². The van der Waals surface area contributed by atoms with Gasteiger partial charge in [-0.25, -0.2) is 13.4 Å². The Morgan fingerprint density at radius 2 is 2.21 bits per heavy atom. The quantitative estimate of drug-likeness (QED) is 0.836. The lowest BCUT2D eigenvalue weighted by Gasteiger charge is -2.20. The molecule has 0 spiro atoms. The third-order valence-corrected chi connectivity index (χ3v) is 5.22. The molecular weight excluding hydrogens is 266 g/mol. The van der Waals surface area contributed by atoms with Crippen LogP contribution in [-0.2, 0) is 16.6 Å². The van der Waals surface area contributed by atoms with Crippen LogP contribution >= 0.6 is 0 Å². The van der Waals surface area contributed by atoms with Crippen molar-refractivity contribution in [1.82, 2.24) is 14.2 Å². The zero-order valence-corrected chi connectivity index (χ0v) is 12.0. The molecule has 0 aromatic carbocycles. The Morgan fingerprint density at radius 1 is 1.47 bits per heavy atom. The molecule has 1 saturated heterocycles. The van der Waals surface area contributed by atoms with Crippen molar-refractivity contribution in [3.8, 4) is 0 Å². The van der Waals surface area contributed by atoms with Crippen LogP contribution in [0.1, 0.15) is 12.0 Å². The van der Waals surface area contributed by atoms with Gasteiger partial charge in [0.2, 0.25) is 0 Å². The lowest BCUT2D eigenvalue weighted by Crippen LogP contribution is -2.34. The summed E-state index contributed by atoms with van der Waals surface area (Å²) < 4.78 is 26.2. The third-order valence-electron chi connectivity index (χ3n) is 3.44. The Bertz CT molecular complexity index is 528. The van der Waals surface area contributed by atoms with Gasteiger partial charge in [-0.2, -0.15) is 4.31 Å². The summed E-state index contributed by atoms with van der Waals surface area (Å²) >= 11 is 0. The van der Waals surface area contributed by atoms with Crippen LogP contribution in [0.4, 0.5) is 0 Å². The van der Waals surface area contributed by atoms with Crippen molar-refractivity contribution in [1.29, 1.82) is 0 Å². The minimum atomic E-state index is -3.52. The predicted molar refractivity (Wildman–Crippen MR) is 71.0 cm³/mol. The first kappa shape index (κ1) is 14.4. The molecule has 1 aromatic heterocycles. The summed E-state index contributed by atoms with van der Waals surface area (Å²) in [5.41, 5.74) is 0.603. The smallest absolute Gasteiger partial charge is 0.260 e. The highest BCUT2D eigenvalue weighted by Gasteiger charge is 2.34. The number of aromatic nitrogens is 1. The molecule has 1 aromatic rings. The van der Waals surface area contributed by atoms with Gasteiger partial charge in [0.1, 0.15) is 0 Å². The second-order valence-electron chi connectivity index (χ2n) is 4.93. The van der Waals surface area contributed by atoms with E-state index in [0.717, 1.165) is 6.42 Å². The summed E-state index contributed by atoms with van der Waals surface area (Å²) in [5.74, 6) is 0. The molecule has 0 radical (unpaired) electrons. The maximum absolute atomic E-state index is 12.4. The lowest BCUT2D eigenvalue weighted by atomic mass is 10.2. The van der Waals surface area contributed by atoms with Crippen LogP contribution in [0.5, 0.6) is 0 Å². The van der Waals surface area contributed by atoms with Gasteiger partial charge in [-0.15, -0.1) is 0 Å². The minimum absolute atomic E-state index is 0.0455. The minimum Gasteiger partial charge on any atom is -0.392 e. The van der Waals surface area contributed by atoms with Crippen LogP contribution in [0.15, 0.2) is 23.4 Å². The molecule has 7 heteroatoms. The van der Waals surface area contributed by atoms with Crippen LogP contribution in [-0.4, -0.2) is 60.9 Å². The number of nitrogens with zero attached hydrogens (tertiary/aromatic N) is 3. The monoisotopic (exact) mass is 285 g/mol. The van der Waals surface area contributed by atoms with Gasteiger partial charge < -0.3 is 10.0 Å². The molecule has 1 N–H and O–H groups in total. The maximum atomic E-state index is 12.4. The molecule has 19 heavy (non-hydrogen) atoms. The van der Waals surface area contributed by atoms with Gasteiger partial charge in [0.25, 0.3) is 10.0 Å². The molecule has 1 aliphatic rings. The highest BCUT2D eigenvalue weighted by molar-refractivity contribution is 7.89. The second-order valence-corrected chi connectivity index (χ2v) is 6.82. The van der Waals surface area contributed by atoms with E-state index < -0.39 is 10.0 Å². The van der Waals surface area contributed by atoms with Gasteiger partial charge in [-0.1, -0.05) is 6.07 Å². The highest BCUT2D eigenvalue weighted by Crippen LogP contribution is 2.21. The average Bonchev–Trinajstić information content (AvgIpc) is 2.89. The molecule has 0 aliphatic carbocycles. The average molecular weight is 285 g/mol. The largest absolute Gasteiger partial charge is 0.392 e. The van der Waals surface area contributed by atoms with E-state index in [1.165, 1.54) is 16.6 Å². The normalized spacial score (nSPS) is 21.2. The third kappa shape index (κ3) is 2.94. The van der Waals surface area contributed by atoms with Crippen LogP contribution in [0.2, 0.25) is 0 Å². The number of pyridine rings is 1. The van der Waals surface area contributed by atoms with Crippen LogP contribution in [0, 0.1) is 0 Å². The molecule has 1 unspecified atom stereocenters. The molecule has 0 bridgehead atoms. The first-order chi connectivity index (χ1) is 8.95. The fourth-order valence-corrected chi connectivity index (χ4v) is 3.54. The molecule has 1 aliphatic heterocycles. The summed E-state index contributed by atoms with van der Waals surface area (Å²) in [6.07, 6.45) is 2.23. The summed E-state index contributed by atoms with van der Waals surface area (Å²) in [4.78, 5) is 5.97. The molecule has 1 atom stereocenters. The Morgan fingerprint density at radius 3 is 2.68 bits per heavy atom. The number of rotatable bonds is 4. The van der Waals surface area contributed by atoms with Crippen LogP contribution in [0.3, 0.4) is 0 Å². The Kier molecular flexibility index (Phi) is 4.19. The van der Waals surface area contributed by atoms with Gasteiger partial charge >= 0.3 is 0 Å². The van der Waals surface area contributed by atoms with E-state index in [-0.39, 0.29) is 17.7 Å². The Hall–Kier alpha value is -1.02. The Labute approximate surface area is 113 Å². The van der Waals surface area contributed by atoms with Crippen molar-refractivity contribution in [3.63, 3.8) is 0 Å². The van der Waals surface area contributed by atoms with Crippen molar-refractivity contribution in [2.75, 3.05) is 27.2 Å². The number of likely N-dealkylation sites (N-methyl/N-ethyl adjacent to an activating group) is 1. The highest BCUT2D eigenvalue weighted by atomic mass is 32.2. The van der Waals surface area contributed by atoms with E-state index in [1.54, 1.807) is 6.07 Å². The van der Waals surface area contributed by atoms with Crippen LogP contribution in [0.25, 0.3) is 0 Å². The van der Waals surface area contributed by atoms with Crippen molar-refractivity contribution in [3.05, 3.63) is 23.9 Å². The van der Waals surface area contributed by atoms with E-state index in [0.29, 0.717) is 18.7 Å². The number of hydrogen-bond acceptors (Lipinski definition) is 5. The predicted octanol–water partition coefficient (Wildman–Crippen LogP) is -0.102. The van der Waals surface area contributed by atoms with E-state index in [4.69, 9.17) is 5.11 Å². The zero-order chi connectivity index (χ0) is 14.0. The molecule has 2 rings (SSSR count). The van der Waals surface area contributed by atoms with Gasteiger partial charge in [0, 0.05) is 25.3 Å². The van der Waals surface area contributed by atoms with Gasteiger partial charge in [-0.3, -0.25) is 0 Å². The summed E-state index contributed by atoms with van der Waals surface area (Å²) in [7, 11) is 0.391. The molecule has 2 heterocycles. The van der Waals surface area contributed by atoms with E-state index >= 15 is 0 Å². The van der Waals surface area contributed by atoms with E-state index in [1.807, 2.05) is 19.0 Å². The maximum Gasteiger partial charge on any atom is 0.260 e. The number of hydrogen-bond donors (Lipinski definition) is 1. The fraction of sp³-hybridized carbons (Fsp3) is 0.583. The first-order valence-corrected chi connectivity index (χ1v) is 7.61. The molecular formula is C12H19N3O3S. The summed E-state index contributed by atoms with van der Waals surface area (Å²) in [5, 5.41) is 8.98. The lowest BCUT2D eigenvalue weighted by molar-refractivity contribution is 0.281. The summed E-state index contributed by atoms with van der Waals surface area (Å²) in [6.45, 7) is 0.882. The Balaban J connectivity index is 2.18. The van der Waals surface area contributed by atoms with Gasteiger partial charge in [-0.05, 0) is 32.1 Å². The second kappa shape index (κ2) is 5.54. The summed E-state index contributed by atoms with van der Waals surface area (Å²) in [6, 6.07) is 3.29. The van der Waals surface area contributed by atoms with E-state index in [2.05, 4.69) is 4.98 Å². The molecule has 106 valence electrons. The van der Waals surface area contributed by atoms with Crippen molar-refractivity contribution < 1.29 is 13.5 Å². The molecule has 0 amide bonds. The van der Waals surface area contributed by atoms with Crippen molar-refractivity contribution in [2.24, 2.45) is 0 Å². The topological polar surface area (TPSA) is 73.7 Å². The standard InChI is InChI=1S/C12H19N3O3S/c1-14(2)11-5-6-15(8-11)19(17,18)12-4-3-10(9-16)7-13-12/h3-4,7,11,16H,5-6,8-9H2,1-2H3. The first-order valence-electron chi connectivity index (χ1n) is 6.17. The molecule has 6 nitrogen and oxygen atoms in total. The van der Waals surface area contributed by atoms with Crippen molar-refractivity contribution >= 4 is 10.0 Å². The molecule has 0 saturated carbocycles. The molecule has 1 fully saturated rings. The van der Waals surface area contributed by atoms with E-state index in [9.17, 15) is 8.42 Å². The number of sulfonamides is 1. The SMILES string of the molecule is CN(C)C1CCN(S(=O)(=O)c2ccc(CO)cn2)C1. The van der Waals surface area contributed by atoms with Crippen LogP contribution < -0.4 is 0 Å². The number of aliphatic hydroxyl groups excluding tert-OH is 1. The van der Waals surface area contributed by atoms with Gasteiger partial charge in [0.15, 0.2) is 5.03 Å². The zero-order valence-electron chi connectivity index (χ0n) is 11.2.